The van der Waals surface area contributed by atoms with Crippen LogP contribution in [0.1, 0.15) is 72.6 Å². The molecule has 3 N–H and O–H groups in total. The van der Waals surface area contributed by atoms with Gasteiger partial charge in [0.2, 0.25) is 5.91 Å². The number of carbonyl (C=O) groups excluding carboxylic acids is 1. The Kier molecular flexibility index (Phi) is 9.58. The van der Waals surface area contributed by atoms with Gasteiger partial charge in [0.05, 0.1) is 18.8 Å². The van der Waals surface area contributed by atoms with Gasteiger partial charge in [-0.05, 0) is 64.8 Å². The second-order valence-electron chi connectivity index (χ2n) is 10.2. The Balaban J connectivity index is 1.75. The van der Waals surface area contributed by atoms with E-state index in [0.29, 0.717) is 18.4 Å². The summed E-state index contributed by atoms with van der Waals surface area (Å²) in [6, 6.07) is 0. The third-order valence-electron chi connectivity index (χ3n) is 6.89. The highest BCUT2D eigenvalue weighted by molar-refractivity contribution is 5.78. The second kappa shape index (κ2) is 11.4. The fourth-order valence-corrected chi connectivity index (χ4v) is 4.68. The normalized spacial score (nSPS) is 27.4. The van der Waals surface area contributed by atoms with Gasteiger partial charge in [-0.2, -0.15) is 0 Å². The van der Waals surface area contributed by atoms with Crippen molar-refractivity contribution in [1.29, 1.82) is 0 Å². The molecule has 0 bridgehead atoms. The van der Waals surface area contributed by atoms with Gasteiger partial charge < -0.3 is 20.4 Å². The molecule has 30 heavy (non-hydrogen) atoms. The van der Waals surface area contributed by atoms with Crippen LogP contribution in [0, 0.1) is 17.8 Å². The van der Waals surface area contributed by atoms with E-state index in [-0.39, 0.29) is 23.5 Å². The van der Waals surface area contributed by atoms with Crippen molar-refractivity contribution in [2.45, 2.75) is 90.4 Å². The van der Waals surface area contributed by atoms with E-state index < -0.39 is 6.10 Å². The topological polar surface area (TPSA) is 72.8 Å². The molecule has 5 heteroatoms. The maximum absolute atomic E-state index is 12.2. The van der Waals surface area contributed by atoms with Gasteiger partial charge in [-0.25, -0.2) is 0 Å². The van der Waals surface area contributed by atoms with Crippen LogP contribution in [0.15, 0.2) is 23.8 Å². The van der Waals surface area contributed by atoms with Crippen LogP contribution in [0.25, 0.3) is 0 Å². The van der Waals surface area contributed by atoms with Crippen molar-refractivity contribution in [3.63, 3.8) is 0 Å². The van der Waals surface area contributed by atoms with E-state index in [4.69, 9.17) is 0 Å². The molecular weight excluding hydrogens is 376 g/mol. The third-order valence-corrected chi connectivity index (χ3v) is 6.89. The first-order valence-electron chi connectivity index (χ1n) is 11.8. The average molecular weight is 421 g/mol. The summed E-state index contributed by atoms with van der Waals surface area (Å²) in [5, 5.41) is 23.9. The number of carbonyl (C=O) groups is 1. The van der Waals surface area contributed by atoms with Gasteiger partial charge in [-0.1, -0.05) is 50.0 Å². The summed E-state index contributed by atoms with van der Waals surface area (Å²) < 4.78 is 0. The van der Waals surface area contributed by atoms with Gasteiger partial charge in [0.15, 0.2) is 0 Å². The van der Waals surface area contributed by atoms with Crippen molar-refractivity contribution in [2.75, 3.05) is 20.1 Å². The second-order valence-corrected chi connectivity index (χ2v) is 10.2. The van der Waals surface area contributed by atoms with Crippen molar-refractivity contribution in [3.05, 3.63) is 23.8 Å². The first-order valence-corrected chi connectivity index (χ1v) is 11.8. The molecule has 5 nitrogen and oxygen atoms in total. The summed E-state index contributed by atoms with van der Waals surface area (Å²) >= 11 is 0. The molecule has 0 radical (unpaired) electrons. The van der Waals surface area contributed by atoms with Crippen LogP contribution in [0.5, 0.6) is 0 Å². The molecule has 1 amide bonds. The summed E-state index contributed by atoms with van der Waals surface area (Å²) in [5.74, 6) is 1.14. The minimum Gasteiger partial charge on any atom is -0.392 e. The number of likely N-dealkylation sites (N-methyl/N-ethyl adjacent to an activating group) is 1. The maximum Gasteiger partial charge on any atom is 0.236 e. The molecular formula is C25H44N2O3. The van der Waals surface area contributed by atoms with E-state index in [0.717, 1.165) is 51.5 Å². The molecule has 0 aliphatic heterocycles. The Bertz CT molecular complexity index is 608. The smallest absolute Gasteiger partial charge is 0.236 e. The van der Waals surface area contributed by atoms with E-state index in [1.807, 2.05) is 33.9 Å². The molecule has 5 atom stereocenters. The zero-order valence-corrected chi connectivity index (χ0v) is 19.7. The zero-order valence-electron chi connectivity index (χ0n) is 19.7. The van der Waals surface area contributed by atoms with E-state index in [9.17, 15) is 15.0 Å². The van der Waals surface area contributed by atoms with Crippen molar-refractivity contribution >= 4 is 5.91 Å². The van der Waals surface area contributed by atoms with Crippen molar-refractivity contribution in [3.8, 4) is 0 Å². The minimum atomic E-state index is -0.399. The summed E-state index contributed by atoms with van der Waals surface area (Å²) in [4.78, 5) is 14.0. The molecule has 2 aliphatic carbocycles. The van der Waals surface area contributed by atoms with E-state index in [1.165, 1.54) is 5.57 Å². The number of nitrogens with one attached hydrogen (secondary N) is 1. The molecule has 0 aromatic rings. The Labute approximate surface area is 183 Å². The highest BCUT2D eigenvalue weighted by Crippen LogP contribution is 2.47. The van der Waals surface area contributed by atoms with Crippen LogP contribution >= 0.6 is 0 Å². The van der Waals surface area contributed by atoms with Crippen LogP contribution in [-0.4, -0.2) is 58.9 Å². The third kappa shape index (κ3) is 7.21. The number of amides is 1. The molecule has 0 saturated heterocycles. The number of hydrogen-bond acceptors (Lipinski definition) is 4. The lowest BCUT2D eigenvalue weighted by Crippen LogP contribution is -2.46. The predicted molar refractivity (Wildman–Crippen MR) is 123 cm³/mol. The number of rotatable bonds is 11. The molecule has 0 spiro atoms. The molecule has 2 rings (SSSR count). The average Bonchev–Trinajstić information content (AvgIpc) is 3.18. The number of aliphatic hydroxyl groups is 2. The maximum atomic E-state index is 12.2. The molecule has 0 aromatic carbocycles. The van der Waals surface area contributed by atoms with Crippen LogP contribution < -0.4 is 5.32 Å². The van der Waals surface area contributed by atoms with Gasteiger partial charge in [-0.3, -0.25) is 4.79 Å². The summed E-state index contributed by atoms with van der Waals surface area (Å²) in [5.41, 5.74) is 1.28. The number of aliphatic hydroxyl groups excluding tert-OH is 2. The Morgan fingerprint density at radius 3 is 2.77 bits per heavy atom. The molecule has 0 unspecified atom stereocenters. The fraction of sp³-hybridized carbons (Fsp3) is 0.800. The first-order chi connectivity index (χ1) is 14.1. The quantitative estimate of drug-likeness (QED) is 0.352. The number of fused-ring (bicyclic) bond motifs is 1. The number of unbranched alkanes of at least 4 members (excludes halogenated alkanes) is 2. The lowest BCUT2D eigenvalue weighted by atomic mass is 9.88. The molecule has 2 aliphatic rings. The summed E-state index contributed by atoms with van der Waals surface area (Å²) in [6.07, 6.45) is 12.6. The molecule has 172 valence electrons. The van der Waals surface area contributed by atoms with Crippen LogP contribution in [-0.2, 0) is 4.79 Å². The van der Waals surface area contributed by atoms with Gasteiger partial charge >= 0.3 is 0 Å². The van der Waals surface area contributed by atoms with Gasteiger partial charge in [0, 0.05) is 18.5 Å². The Morgan fingerprint density at radius 1 is 1.37 bits per heavy atom. The standard InChI is InChI=1S/C25H44N2O3/c1-6-7-8-9-20(28)10-11-21-22-15-18(14-19(22)16-23(21)29)12-13-26-17-24(30)27(5)25(2,3)4/h10-11,14,19-23,26,28-29H,6-9,12-13,15-17H2,1-5H3/t19-,20-,21+,22-,23+/m0/s1. The Morgan fingerprint density at radius 2 is 2.10 bits per heavy atom. The highest BCUT2D eigenvalue weighted by Gasteiger charge is 2.43. The first kappa shape index (κ1) is 25.1. The Hall–Kier alpha value is -1.17. The van der Waals surface area contributed by atoms with Gasteiger partial charge in [0.25, 0.3) is 0 Å². The molecule has 1 fully saturated rings. The largest absolute Gasteiger partial charge is 0.392 e. The monoisotopic (exact) mass is 420 g/mol. The van der Waals surface area contributed by atoms with E-state index in [2.05, 4.69) is 24.4 Å². The lowest BCUT2D eigenvalue weighted by molar-refractivity contribution is -0.133. The van der Waals surface area contributed by atoms with Crippen molar-refractivity contribution < 1.29 is 15.0 Å². The van der Waals surface area contributed by atoms with Gasteiger partial charge in [-0.15, -0.1) is 0 Å². The van der Waals surface area contributed by atoms with Gasteiger partial charge in [0.1, 0.15) is 0 Å². The molecule has 0 heterocycles. The van der Waals surface area contributed by atoms with Crippen LogP contribution in [0.2, 0.25) is 0 Å². The number of hydrogen-bond donors (Lipinski definition) is 3. The van der Waals surface area contributed by atoms with Crippen LogP contribution in [0.3, 0.4) is 0 Å². The minimum absolute atomic E-state index is 0.116. The fourth-order valence-electron chi connectivity index (χ4n) is 4.68. The van der Waals surface area contributed by atoms with Crippen molar-refractivity contribution in [2.24, 2.45) is 17.8 Å². The summed E-state index contributed by atoms with van der Waals surface area (Å²) in [6.45, 7) is 9.45. The molecule has 0 aromatic heterocycles. The predicted octanol–water partition coefficient (Wildman–Crippen LogP) is 3.66. The number of nitrogens with zero attached hydrogens (tertiary/aromatic N) is 1. The summed E-state index contributed by atoms with van der Waals surface area (Å²) in [7, 11) is 1.85. The van der Waals surface area contributed by atoms with Crippen molar-refractivity contribution in [1.82, 2.24) is 10.2 Å². The zero-order chi connectivity index (χ0) is 22.3. The lowest BCUT2D eigenvalue weighted by Gasteiger charge is -2.32. The number of allylic oxidation sites excluding steroid dienone is 1. The van der Waals surface area contributed by atoms with Crippen LogP contribution in [0.4, 0.5) is 0 Å². The van der Waals surface area contributed by atoms with E-state index in [1.54, 1.807) is 4.90 Å². The SMILES string of the molecule is CCCCC[C@H](O)C=C[C@@H]1[C@H]2CC(CCNCC(=O)N(C)C(C)(C)C)=C[C@H]2C[C@H]1O. The molecule has 1 saturated carbocycles. The highest BCUT2D eigenvalue weighted by atomic mass is 16.3. The van der Waals surface area contributed by atoms with E-state index >= 15 is 0 Å².